The summed E-state index contributed by atoms with van der Waals surface area (Å²) in [5.74, 6) is 0.604. The van der Waals surface area contributed by atoms with Crippen LogP contribution in [0.2, 0.25) is 0 Å². The average molecular weight is 417 g/mol. The molecule has 2 aromatic rings. The van der Waals surface area contributed by atoms with Crippen molar-refractivity contribution in [1.29, 1.82) is 0 Å². The fourth-order valence-electron chi connectivity index (χ4n) is 3.46. The number of nitrogens with zero attached hydrogens (tertiary/aromatic N) is 1. The zero-order chi connectivity index (χ0) is 20.7. The highest BCUT2D eigenvalue weighted by Crippen LogP contribution is 2.22. The van der Waals surface area contributed by atoms with Crippen LogP contribution in [0.15, 0.2) is 54.6 Å². The van der Waals surface area contributed by atoms with E-state index in [4.69, 9.17) is 4.74 Å². The van der Waals surface area contributed by atoms with Crippen molar-refractivity contribution in [3.8, 4) is 5.75 Å². The third kappa shape index (κ3) is 6.30. The molecule has 1 heterocycles. The molecule has 6 nitrogen and oxygen atoms in total. The molecule has 1 aliphatic heterocycles. The summed E-state index contributed by atoms with van der Waals surface area (Å²) >= 11 is 0. The SMILES string of the molecule is Cc1cccc(OCCNC(=O)C2CCN(S(=O)(=O)Cc3ccccc3)CC2)c1. The molecule has 0 saturated carbocycles. The van der Waals surface area contributed by atoms with Crippen LogP contribution in [0.25, 0.3) is 0 Å². The lowest BCUT2D eigenvalue weighted by Gasteiger charge is -2.30. The lowest BCUT2D eigenvalue weighted by Crippen LogP contribution is -2.43. The van der Waals surface area contributed by atoms with E-state index in [1.165, 1.54) is 4.31 Å². The maximum atomic E-state index is 12.6. The van der Waals surface area contributed by atoms with Crippen LogP contribution in [0.5, 0.6) is 5.75 Å². The topological polar surface area (TPSA) is 75.7 Å². The Hall–Kier alpha value is -2.38. The molecule has 0 aliphatic carbocycles. The third-order valence-corrected chi connectivity index (χ3v) is 6.92. The van der Waals surface area contributed by atoms with Crippen LogP contribution >= 0.6 is 0 Å². The van der Waals surface area contributed by atoms with Gasteiger partial charge in [0.15, 0.2) is 0 Å². The molecule has 0 spiro atoms. The summed E-state index contributed by atoms with van der Waals surface area (Å²) in [6.07, 6.45) is 1.08. The Bertz CT molecular complexity index is 907. The number of nitrogens with one attached hydrogen (secondary N) is 1. The summed E-state index contributed by atoms with van der Waals surface area (Å²) in [6, 6.07) is 16.9. The minimum atomic E-state index is -3.36. The number of sulfonamides is 1. The van der Waals surface area contributed by atoms with E-state index >= 15 is 0 Å². The van der Waals surface area contributed by atoms with E-state index in [-0.39, 0.29) is 17.6 Å². The van der Waals surface area contributed by atoms with Crippen LogP contribution in [0.4, 0.5) is 0 Å². The molecular weight excluding hydrogens is 388 g/mol. The van der Waals surface area contributed by atoms with Crippen LogP contribution in [-0.4, -0.2) is 44.9 Å². The summed E-state index contributed by atoms with van der Waals surface area (Å²) in [5, 5.41) is 2.90. The fraction of sp³-hybridized carbons (Fsp3) is 0.409. The molecule has 0 aromatic heterocycles. The number of ether oxygens (including phenoxy) is 1. The number of aryl methyl sites for hydroxylation is 1. The van der Waals surface area contributed by atoms with Gasteiger partial charge in [-0.25, -0.2) is 12.7 Å². The molecule has 1 aliphatic rings. The van der Waals surface area contributed by atoms with Crippen molar-refractivity contribution in [2.24, 2.45) is 5.92 Å². The van der Waals surface area contributed by atoms with Crippen molar-refractivity contribution < 1.29 is 17.9 Å². The van der Waals surface area contributed by atoms with Crippen molar-refractivity contribution in [1.82, 2.24) is 9.62 Å². The third-order valence-electron chi connectivity index (χ3n) is 5.07. The Labute approximate surface area is 172 Å². The van der Waals surface area contributed by atoms with Gasteiger partial charge in [-0.3, -0.25) is 4.79 Å². The van der Waals surface area contributed by atoms with Gasteiger partial charge in [-0.05, 0) is 43.0 Å². The maximum absolute atomic E-state index is 12.6. The zero-order valence-electron chi connectivity index (χ0n) is 16.7. The number of rotatable bonds is 8. The van der Waals surface area contributed by atoms with Gasteiger partial charge < -0.3 is 10.1 Å². The van der Waals surface area contributed by atoms with Crippen molar-refractivity contribution in [3.63, 3.8) is 0 Å². The molecule has 1 fully saturated rings. The Morgan fingerprint density at radius 1 is 1.10 bits per heavy atom. The van der Waals surface area contributed by atoms with Gasteiger partial charge in [0.2, 0.25) is 15.9 Å². The van der Waals surface area contributed by atoms with Gasteiger partial charge >= 0.3 is 0 Å². The van der Waals surface area contributed by atoms with Gasteiger partial charge in [0, 0.05) is 19.0 Å². The first kappa shape index (κ1) is 21.3. The standard InChI is InChI=1S/C22H28N2O4S/c1-18-6-5-9-21(16-18)28-15-12-23-22(25)20-10-13-24(14-11-20)29(26,27)17-19-7-3-2-4-8-19/h2-9,16,20H,10-15,17H2,1H3,(H,23,25). The summed E-state index contributed by atoms with van der Waals surface area (Å²) in [6.45, 7) is 3.60. The Balaban J connectivity index is 1.40. The molecule has 156 valence electrons. The normalized spacial score (nSPS) is 15.8. The zero-order valence-corrected chi connectivity index (χ0v) is 17.5. The molecule has 1 saturated heterocycles. The minimum absolute atomic E-state index is 0.000994. The van der Waals surface area contributed by atoms with Crippen LogP contribution in [-0.2, 0) is 20.6 Å². The highest BCUT2D eigenvalue weighted by Gasteiger charge is 2.31. The molecular formula is C22H28N2O4S. The quantitative estimate of drug-likeness (QED) is 0.672. The Morgan fingerprint density at radius 2 is 1.83 bits per heavy atom. The first-order chi connectivity index (χ1) is 13.9. The summed E-state index contributed by atoms with van der Waals surface area (Å²) in [7, 11) is -3.36. The van der Waals surface area contributed by atoms with E-state index in [0.29, 0.717) is 39.1 Å². The summed E-state index contributed by atoms with van der Waals surface area (Å²) in [4.78, 5) is 12.4. The molecule has 7 heteroatoms. The van der Waals surface area contributed by atoms with E-state index in [9.17, 15) is 13.2 Å². The van der Waals surface area contributed by atoms with Gasteiger partial charge in [-0.1, -0.05) is 42.5 Å². The molecule has 0 bridgehead atoms. The van der Waals surface area contributed by atoms with Crippen molar-refractivity contribution in [2.45, 2.75) is 25.5 Å². The smallest absolute Gasteiger partial charge is 0.223 e. The number of amides is 1. The van der Waals surface area contributed by atoms with Crippen molar-refractivity contribution >= 4 is 15.9 Å². The van der Waals surface area contributed by atoms with Gasteiger partial charge in [0.1, 0.15) is 12.4 Å². The average Bonchev–Trinajstić information content (AvgIpc) is 2.72. The highest BCUT2D eigenvalue weighted by molar-refractivity contribution is 7.88. The van der Waals surface area contributed by atoms with Crippen molar-refractivity contribution in [3.05, 3.63) is 65.7 Å². The Morgan fingerprint density at radius 3 is 2.52 bits per heavy atom. The first-order valence-electron chi connectivity index (χ1n) is 9.93. The maximum Gasteiger partial charge on any atom is 0.223 e. The minimum Gasteiger partial charge on any atom is -0.492 e. The molecule has 0 radical (unpaired) electrons. The molecule has 3 rings (SSSR count). The van der Waals surface area contributed by atoms with Crippen LogP contribution in [0, 0.1) is 12.8 Å². The predicted octanol–water partition coefficient (Wildman–Crippen LogP) is 2.73. The second-order valence-corrected chi connectivity index (χ2v) is 9.34. The number of hydrogen-bond donors (Lipinski definition) is 1. The number of hydrogen-bond acceptors (Lipinski definition) is 4. The molecule has 29 heavy (non-hydrogen) atoms. The number of piperidine rings is 1. The molecule has 2 aromatic carbocycles. The van der Waals surface area contributed by atoms with Crippen molar-refractivity contribution in [2.75, 3.05) is 26.2 Å². The van der Waals surface area contributed by atoms with Crippen LogP contribution < -0.4 is 10.1 Å². The van der Waals surface area contributed by atoms with E-state index in [1.807, 2.05) is 61.5 Å². The highest BCUT2D eigenvalue weighted by atomic mass is 32.2. The van der Waals surface area contributed by atoms with E-state index in [2.05, 4.69) is 5.32 Å². The molecule has 0 unspecified atom stereocenters. The fourth-order valence-corrected chi connectivity index (χ4v) is 5.03. The number of benzene rings is 2. The molecule has 0 atom stereocenters. The molecule has 1 N–H and O–H groups in total. The van der Waals surface area contributed by atoms with Gasteiger partial charge in [-0.15, -0.1) is 0 Å². The first-order valence-corrected chi connectivity index (χ1v) is 11.5. The second kappa shape index (κ2) is 9.89. The van der Waals surface area contributed by atoms with Crippen LogP contribution in [0.3, 0.4) is 0 Å². The Kier molecular flexibility index (Phi) is 7.28. The summed E-state index contributed by atoms with van der Waals surface area (Å²) < 4.78 is 32.4. The number of carbonyl (C=O) groups is 1. The second-order valence-electron chi connectivity index (χ2n) is 7.37. The largest absolute Gasteiger partial charge is 0.492 e. The van der Waals surface area contributed by atoms with Gasteiger partial charge in [-0.2, -0.15) is 0 Å². The predicted molar refractivity (Wildman–Crippen MR) is 113 cm³/mol. The van der Waals surface area contributed by atoms with E-state index in [0.717, 1.165) is 16.9 Å². The van der Waals surface area contributed by atoms with Crippen LogP contribution in [0.1, 0.15) is 24.0 Å². The van der Waals surface area contributed by atoms with E-state index < -0.39 is 10.0 Å². The summed E-state index contributed by atoms with van der Waals surface area (Å²) in [5.41, 5.74) is 1.90. The van der Waals surface area contributed by atoms with Gasteiger partial charge in [0.25, 0.3) is 0 Å². The van der Waals surface area contributed by atoms with Gasteiger partial charge in [0.05, 0.1) is 12.3 Å². The number of carbonyl (C=O) groups excluding carboxylic acids is 1. The monoisotopic (exact) mass is 416 g/mol. The molecule has 1 amide bonds. The lowest BCUT2D eigenvalue weighted by molar-refractivity contribution is -0.126. The lowest BCUT2D eigenvalue weighted by atomic mass is 9.97. The van der Waals surface area contributed by atoms with E-state index in [1.54, 1.807) is 0 Å².